The van der Waals surface area contributed by atoms with Crippen molar-refractivity contribution in [3.63, 3.8) is 0 Å². The zero-order chi connectivity index (χ0) is 23.6. The highest BCUT2D eigenvalue weighted by Gasteiger charge is 2.35. The van der Waals surface area contributed by atoms with Crippen molar-refractivity contribution in [3.05, 3.63) is 40.1 Å². The van der Waals surface area contributed by atoms with Crippen molar-refractivity contribution in [1.29, 1.82) is 0 Å². The lowest BCUT2D eigenvalue weighted by Gasteiger charge is -2.32. The predicted molar refractivity (Wildman–Crippen MR) is 127 cm³/mol. The summed E-state index contributed by atoms with van der Waals surface area (Å²) in [7, 11) is -3.82. The van der Waals surface area contributed by atoms with Crippen LogP contribution >= 0.6 is 11.3 Å². The Morgan fingerprint density at radius 1 is 1.36 bits per heavy atom. The summed E-state index contributed by atoms with van der Waals surface area (Å²) in [5.41, 5.74) is 0.998. The third kappa shape index (κ3) is 5.07. The van der Waals surface area contributed by atoms with Crippen LogP contribution in [0.15, 0.2) is 34.5 Å². The van der Waals surface area contributed by atoms with E-state index in [0.29, 0.717) is 49.4 Å². The van der Waals surface area contributed by atoms with E-state index < -0.39 is 16.1 Å². The number of sulfonamides is 1. The molecule has 1 saturated heterocycles. The minimum absolute atomic E-state index is 0.106. The maximum Gasteiger partial charge on any atom is 0.265 e. The number of carbonyl (C=O) groups is 2. The minimum atomic E-state index is -3.82. The zero-order valence-corrected chi connectivity index (χ0v) is 20.4. The number of nitrogens with one attached hydrogen (secondary N) is 2. The summed E-state index contributed by atoms with van der Waals surface area (Å²) in [6.45, 7) is 4.59. The molecule has 2 aromatic rings. The van der Waals surface area contributed by atoms with Gasteiger partial charge in [-0.05, 0) is 55.7 Å². The van der Waals surface area contributed by atoms with Gasteiger partial charge in [-0.2, -0.15) is 4.31 Å². The molecule has 2 amide bonds. The van der Waals surface area contributed by atoms with Crippen LogP contribution in [0.5, 0.6) is 5.75 Å². The molecule has 33 heavy (non-hydrogen) atoms. The molecule has 2 N–H and O–H groups in total. The molecule has 4 rings (SSSR count). The Bertz CT molecular complexity index is 1130. The first-order chi connectivity index (χ1) is 15.8. The molecule has 0 aliphatic carbocycles. The van der Waals surface area contributed by atoms with Crippen molar-refractivity contribution in [1.82, 2.24) is 9.62 Å². The molecule has 2 aliphatic rings. The summed E-state index contributed by atoms with van der Waals surface area (Å²) in [5.74, 6) is -0.366. The van der Waals surface area contributed by atoms with Gasteiger partial charge >= 0.3 is 0 Å². The minimum Gasteiger partial charge on any atom is -0.478 e. The smallest absolute Gasteiger partial charge is 0.265 e. The molecule has 0 bridgehead atoms. The van der Waals surface area contributed by atoms with Gasteiger partial charge in [0.05, 0.1) is 16.5 Å². The normalized spacial score (nSPS) is 21.1. The first kappa shape index (κ1) is 23.7. The Hall–Kier alpha value is -2.43. The molecule has 8 nitrogen and oxygen atoms in total. The third-order valence-electron chi connectivity index (χ3n) is 6.09. The molecule has 3 heterocycles. The molecular formula is C23H29N3O5S2. The van der Waals surface area contributed by atoms with E-state index in [1.807, 2.05) is 24.4 Å². The van der Waals surface area contributed by atoms with E-state index in [1.165, 1.54) is 15.2 Å². The number of nitrogens with zero attached hydrogens (tertiary/aromatic N) is 1. The summed E-state index contributed by atoms with van der Waals surface area (Å²) in [6, 6.07) is 7.14. The number of piperidine rings is 1. The van der Waals surface area contributed by atoms with Crippen LogP contribution in [0.1, 0.15) is 36.6 Å². The average molecular weight is 492 g/mol. The van der Waals surface area contributed by atoms with E-state index in [2.05, 4.69) is 10.6 Å². The van der Waals surface area contributed by atoms with Crippen molar-refractivity contribution >= 4 is 38.9 Å². The van der Waals surface area contributed by atoms with Gasteiger partial charge < -0.3 is 15.4 Å². The lowest BCUT2D eigenvalue weighted by Crippen LogP contribution is -2.45. The number of amides is 2. The van der Waals surface area contributed by atoms with Crippen molar-refractivity contribution in [2.24, 2.45) is 5.92 Å². The standard InChI is InChI=1S/C23H29N3O5S2/c1-3-19-23(28)25-18-12-15(2)21(13-20(18)31-19)33(29,30)26-10-4-6-16(14-26)22(27)24-9-8-17-7-5-11-32-17/h5,7,11-13,16,19H,3-4,6,8-10,14H2,1-2H3,(H,24,27)(H,25,28). The van der Waals surface area contributed by atoms with Gasteiger partial charge in [-0.1, -0.05) is 13.0 Å². The molecule has 1 fully saturated rings. The molecule has 1 aromatic carbocycles. The van der Waals surface area contributed by atoms with Crippen LogP contribution in [0.25, 0.3) is 0 Å². The Kier molecular flexibility index (Phi) is 7.06. The maximum absolute atomic E-state index is 13.5. The topological polar surface area (TPSA) is 105 Å². The Morgan fingerprint density at radius 2 is 2.18 bits per heavy atom. The van der Waals surface area contributed by atoms with Gasteiger partial charge in [-0.15, -0.1) is 11.3 Å². The van der Waals surface area contributed by atoms with E-state index in [4.69, 9.17) is 4.74 Å². The number of rotatable bonds is 7. The summed E-state index contributed by atoms with van der Waals surface area (Å²) in [4.78, 5) is 26.1. The van der Waals surface area contributed by atoms with Crippen molar-refractivity contribution in [3.8, 4) is 5.75 Å². The van der Waals surface area contributed by atoms with E-state index in [1.54, 1.807) is 24.3 Å². The second kappa shape index (κ2) is 9.82. The number of ether oxygens (including phenoxy) is 1. The molecule has 1 aromatic heterocycles. The highest BCUT2D eigenvalue weighted by atomic mass is 32.2. The van der Waals surface area contributed by atoms with Gasteiger partial charge in [0.15, 0.2) is 6.10 Å². The van der Waals surface area contributed by atoms with Crippen LogP contribution in [-0.4, -0.2) is 50.3 Å². The monoisotopic (exact) mass is 491 g/mol. The zero-order valence-electron chi connectivity index (χ0n) is 18.8. The van der Waals surface area contributed by atoms with Crippen molar-refractivity contribution in [2.45, 2.75) is 50.5 Å². The molecule has 10 heteroatoms. The van der Waals surface area contributed by atoms with E-state index >= 15 is 0 Å². The number of carbonyl (C=O) groups excluding carboxylic acids is 2. The number of fused-ring (bicyclic) bond motifs is 1. The van der Waals surface area contributed by atoms with Gasteiger partial charge in [0, 0.05) is 30.6 Å². The first-order valence-corrected chi connectivity index (χ1v) is 13.5. The summed E-state index contributed by atoms with van der Waals surface area (Å²) in [5, 5.41) is 7.75. The van der Waals surface area contributed by atoms with Crippen LogP contribution in [0, 0.1) is 12.8 Å². The second-order valence-electron chi connectivity index (χ2n) is 8.44. The molecule has 0 spiro atoms. The van der Waals surface area contributed by atoms with Crippen LogP contribution < -0.4 is 15.4 Å². The summed E-state index contributed by atoms with van der Waals surface area (Å²) >= 11 is 1.65. The molecule has 2 unspecified atom stereocenters. The third-order valence-corrected chi connectivity index (χ3v) is 9.03. The number of hydrogen-bond donors (Lipinski definition) is 2. The van der Waals surface area contributed by atoms with Crippen LogP contribution in [0.2, 0.25) is 0 Å². The lowest BCUT2D eigenvalue weighted by molar-refractivity contribution is -0.126. The summed E-state index contributed by atoms with van der Waals surface area (Å²) in [6.07, 6.45) is 1.88. The summed E-state index contributed by atoms with van der Waals surface area (Å²) < 4.78 is 34.1. The molecule has 2 atom stereocenters. The molecular weight excluding hydrogens is 462 g/mol. The molecule has 2 aliphatic heterocycles. The molecule has 0 saturated carbocycles. The first-order valence-electron chi connectivity index (χ1n) is 11.2. The van der Waals surface area contributed by atoms with E-state index in [-0.39, 0.29) is 29.2 Å². The van der Waals surface area contributed by atoms with Crippen LogP contribution in [0.3, 0.4) is 0 Å². The van der Waals surface area contributed by atoms with Gasteiger partial charge in [-0.25, -0.2) is 8.42 Å². The van der Waals surface area contributed by atoms with Crippen molar-refractivity contribution in [2.75, 3.05) is 25.0 Å². The van der Waals surface area contributed by atoms with Gasteiger partial charge in [0.1, 0.15) is 5.75 Å². The number of hydrogen-bond acceptors (Lipinski definition) is 6. The maximum atomic E-state index is 13.5. The fourth-order valence-electron chi connectivity index (χ4n) is 4.25. The lowest BCUT2D eigenvalue weighted by atomic mass is 9.99. The Balaban J connectivity index is 1.46. The highest BCUT2D eigenvalue weighted by molar-refractivity contribution is 7.89. The second-order valence-corrected chi connectivity index (χ2v) is 11.4. The SMILES string of the molecule is CCC1Oc2cc(S(=O)(=O)N3CCCC(C(=O)NCCc4cccs4)C3)c(C)cc2NC1=O. The largest absolute Gasteiger partial charge is 0.478 e. The fraction of sp³-hybridized carbons (Fsp3) is 0.478. The van der Waals surface area contributed by atoms with Crippen LogP contribution in [-0.2, 0) is 26.0 Å². The quantitative estimate of drug-likeness (QED) is 0.620. The average Bonchev–Trinajstić information content (AvgIpc) is 3.31. The highest BCUT2D eigenvalue weighted by Crippen LogP contribution is 2.36. The van der Waals surface area contributed by atoms with E-state index in [9.17, 15) is 18.0 Å². The number of benzene rings is 1. The van der Waals surface area contributed by atoms with Gasteiger partial charge in [0.25, 0.3) is 5.91 Å². The number of aryl methyl sites for hydroxylation is 1. The molecule has 178 valence electrons. The number of anilines is 1. The predicted octanol–water partition coefficient (Wildman–Crippen LogP) is 2.93. The van der Waals surface area contributed by atoms with Crippen LogP contribution in [0.4, 0.5) is 5.69 Å². The number of thiophene rings is 1. The van der Waals surface area contributed by atoms with Gasteiger partial charge in [0.2, 0.25) is 15.9 Å². The Labute approximate surface area is 198 Å². The van der Waals surface area contributed by atoms with Crippen molar-refractivity contribution < 1.29 is 22.7 Å². The van der Waals surface area contributed by atoms with Gasteiger partial charge in [-0.3, -0.25) is 9.59 Å². The molecule has 0 radical (unpaired) electrons. The van der Waals surface area contributed by atoms with E-state index in [0.717, 1.165) is 6.42 Å². The fourth-order valence-corrected chi connectivity index (χ4v) is 6.71. The Morgan fingerprint density at radius 3 is 2.91 bits per heavy atom.